The zero-order chi connectivity index (χ0) is 26.6. The summed E-state index contributed by atoms with van der Waals surface area (Å²) in [6.45, 7) is 17.1. The largest absolute Gasteiger partial charge is 0.260 e. The number of rotatable bonds is 7. The number of hydrogen-bond acceptors (Lipinski definition) is 3. The number of hydrogen-bond donors (Lipinski definition) is 0. The van der Waals surface area contributed by atoms with Crippen molar-refractivity contribution >= 4 is 45.1 Å². The van der Waals surface area contributed by atoms with E-state index in [4.69, 9.17) is 26.6 Å². The summed E-state index contributed by atoms with van der Waals surface area (Å²) in [6.07, 6.45) is 3.27. The Morgan fingerprint density at radius 1 is 0.917 bits per heavy atom. The number of halogens is 1. The van der Waals surface area contributed by atoms with Crippen molar-refractivity contribution in [3.05, 3.63) is 86.7 Å². The van der Waals surface area contributed by atoms with Gasteiger partial charge in [-0.15, -0.1) is 0 Å². The molecule has 0 spiro atoms. The van der Waals surface area contributed by atoms with Gasteiger partial charge in [-0.05, 0) is 86.0 Å². The van der Waals surface area contributed by atoms with Gasteiger partial charge in [-0.25, -0.2) is 0 Å². The van der Waals surface area contributed by atoms with Crippen LogP contribution in [-0.2, 0) is 12.8 Å². The van der Waals surface area contributed by atoms with E-state index >= 15 is 0 Å². The summed E-state index contributed by atoms with van der Waals surface area (Å²) in [6, 6.07) is 14.6. The first-order chi connectivity index (χ1) is 16.8. The van der Waals surface area contributed by atoms with Crippen LogP contribution >= 0.6 is 11.6 Å². The minimum Gasteiger partial charge on any atom is -0.260 e. The average molecular weight is 515 g/mol. The van der Waals surface area contributed by atoms with E-state index in [2.05, 4.69) is 102 Å². The van der Waals surface area contributed by atoms with E-state index < -0.39 is 0 Å². The summed E-state index contributed by atoms with van der Waals surface area (Å²) in [4.78, 5) is 14.8. The smallest absolute Gasteiger partial charge is 0.0844 e. The Bertz CT molecular complexity index is 1260. The van der Waals surface area contributed by atoms with Gasteiger partial charge < -0.3 is 0 Å². The van der Waals surface area contributed by atoms with E-state index in [0.29, 0.717) is 17.9 Å². The molecule has 2 aromatic carbocycles. The molecule has 0 N–H and O–H groups in total. The first kappa shape index (κ1) is 28.0. The third kappa shape index (κ3) is 7.24. The minimum absolute atomic E-state index is 0.0190. The van der Waals surface area contributed by atoms with Crippen molar-refractivity contribution in [2.75, 3.05) is 0 Å². The molecule has 3 aromatic rings. The van der Waals surface area contributed by atoms with Crippen LogP contribution in [0.1, 0.15) is 60.0 Å². The lowest BCUT2D eigenvalue weighted by molar-refractivity contribution is 0.432. The van der Waals surface area contributed by atoms with Crippen LogP contribution in [0.25, 0.3) is 0 Å². The molecule has 0 aliphatic rings. The van der Waals surface area contributed by atoms with Crippen molar-refractivity contribution in [2.45, 2.75) is 73.8 Å². The van der Waals surface area contributed by atoms with E-state index in [1.165, 1.54) is 16.7 Å². The van der Waals surface area contributed by atoms with Gasteiger partial charge in [-0.2, -0.15) is 0 Å². The lowest BCUT2D eigenvalue weighted by Gasteiger charge is -2.29. The van der Waals surface area contributed by atoms with Crippen LogP contribution in [0.3, 0.4) is 0 Å². The summed E-state index contributed by atoms with van der Waals surface area (Å²) < 4.78 is 0. The Hall–Kier alpha value is -2.56. The lowest BCUT2D eigenvalue weighted by Crippen LogP contribution is -2.25. The van der Waals surface area contributed by atoms with Crippen LogP contribution in [0.2, 0.25) is 10.6 Å². The van der Waals surface area contributed by atoms with Crippen LogP contribution < -0.4 is 0 Å². The summed E-state index contributed by atoms with van der Waals surface area (Å²) >= 11 is 6.61. The molecule has 0 amide bonds. The van der Waals surface area contributed by atoms with Crippen LogP contribution in [0.15, 0.2) is 52.4 Å². The fraction of sp³-hybridized carbons (Fsp3) is 0.387. The summed E-state index contributed by atoms with van der Waals surface area (Å²) in [5.41, 5.74) is 10.8. The number of pyridine rings is 1. The predicted octanol–water partition coefficient (Wildman–Crippen LogP) is 8.54. The lowest BCUT2D eigenvalue weighted by atomic mass is 9.87. The molecule has 1 atom stereocenters. The third-order valence-corrected chi connectivity index (χ3v) is 7.72. The van der Waals surface area contributed by atoms with Crippen molar-refractivity contribution in [3.8, 4) is 0 Å². The summed E-state index contributed by atoms with van der Waals surface area (Å²) in [7, 11) is 3.99. The zero-order valence-corrected chi connectivity index (χ0v) is 24.6. The van der Waals surface area contributed by atoms with Gasteiger partial charge in [0.25, 0.3) is 0 Å². The van der Waals surface area contributed by atoms with Crippen molar-refractivity contribution in [1.82, 2.24) is 4.98 Å². The molecule has 0 aliphatic heterocycles. The standard InChI is InChI=1S/C31H37ClN3Si/c1-19-14-21(3)28(22(4)15-19)33-13-12-24-10-9-11-25(34-24)18-27(30(36)31(6,7)8)35-29-23(5)16-20(2)17-26(29)32/h9-11,13-17,30H,12,18H2,1-8H3. The van der Waals surface area contributed by atoms with Gasteiger partial charge in [0.15, 0.2) is 0 Å². The van der Waals surface area contributed by atoms with Crippen LogP contribution in [0.4, 0.5) is 11.4 Å². The SMILES string of the molecule is Cc1cc(C)c(N=CCc2cccc(CC(=Nc3c(C)cc(C)cc3Cl)C([Si])C(C)(C)C)n2)c(C)c1. The molecule has 3 nitrogen and oxygen atoms in total. The van der Waals surface area contributed by atoms with Crippen molar-refractivity contribution in [1.29, 1.82) is 0 Å². The Morgan fingerprint density at radius 2 is 1.47 bits per heavy atom. The first-order valence-electron chi connectivity index (χ1n) is 12.5. The Balaban J connectivity index is 1.88. The zero-order valence-electron chi connectivity index (χ0n) is 22.8. The van der Waals surface area contributed by atoms with Crippen LogP contribution in [0, 0.1) is 40.0 Å². The topological polar surface area (TPSA) is 37.6 Å². The second-order valence-electron chi connectivity index (χ2n) is 10.9. The van der Waals surface area contributed by atoms with Gasteiger partial charge >= 0.3 is 0 Å². The average Bonchev–Trinajstić information content (AvgIpc) is 2.76. The molecule has 3 rings (SSSR count). The van der Waals surface area contributed by atoms with Gasteiger partial charge in [0, 0.05) is 46.4 Å². The molecule has 5 heteroatoms. The maximum atomic E-state index is 6.61. The van der Waals surface area contributed by atoms with E-state index in [9.17, 15) is 0 Å². The fourth-order valence-electron chi connectivity index (χ4n) is 4.43. The van der Waals surface area contributed by atoms with Crippen LogP contribution in [0.5, 0.6) is 0 Å². The Kier molecular flexibility index (Phi) is 9.07. The minimum atomic E-state index is -0.0190. The van der Waals surface area contributed by atoms with E-state index in [-0.39, 0.29) is 11.0 Å². The highest BCUT2D eigenvalue weighted by atomic mass is 35.5. The summed E-state index contributed by atoms with van der Waals surface area (Å²) in [5, 5.41) is 0.678. The van der Waals surface area contributed by atoms with Gasteiger partial charge in [-0.1, -0.05) is 62.2 Å². The third-order valence-electron chi connectivity index (χ3n) is 6.24. The van der Waals surface area contributed by atoms with Crippen molar-refractivity contribution < 1.29 is 0 Å². The van der Waals surface area contributed by atoms with E-state index in [1.54, 1.807) is 0 Å². The van der Waals surface area contributed by atoms with Gasteiger partial charge in [0.05, 0.1) is 16.4 Å². The monoisotopic (exact) mass is 514 g/mol. The number of benzene rings is 2. The van der Waals surface area contributed by atoms with Crippen molar-refractivity contribution in [2.24, 2.45) is 15.4 Å². The van der Waals surface area contributed by atoms with E-state index in [1.807, 2.05) is 12.3 Å². The highest BCUT2D eigenvalue weighted by Crippen LogP contribution is 2.36. The molecular formula is C31H37ClN3Si. The molecule has 0 bridgehead atoms. The molecule has 0 fully saturated rings. The number of aryl methyl sites for hydroxylation is 5. The second kappa shape index (κ2) is 11.7. The molecule has 0 aliphatic carbocycles. The molecule has 187 valence electrons. The molecule has 3 radical (unpaired) electrons. The fourth-order valence-corrected chi connectivity index (χ4v) is 4.96. The van der Waals surface area contributed by atoms with Gasteiger partial charge in [0.1, 0.15) is 0 Å². The van der Waals surface area contributed by atoms with Gasteiger partial charge in [0.2, 0.25) is 0 Å². The van der Waals surface area contributed by atoms with E-state index in [0.717, 1.165) is 39.6 Å². The number of nitrogens with zero attached hydrogens (tertiary/aromatic N) is 3. The van der Waals surface area contributed by atoms with Gasteiger partial charge in [-0.3, -0.25) is 15.0 Å². The quantitative estimate of drug-likeness (QED) is 0.230. The van der Waals surface area contributed by atoms with Crippen LogP contribution in [-0.4, -0.2) is 27.2 Å². The summed E-state index contributed by atoms with van der Waals surface area (Å²) in [5.74, 6) is 0. The second-order valence-corrected chi connectivity index (χ2v) is 11.9. The molecule has 1 unspecified atom stereocenters. The molecule has 1 heterocycles. The Labute approximate surface area is 225 Å². The number of aromatic nitrogens is 1. The molecule has 36 heavy (non-hydrogen) atoms. The van der Waals surface area contributed by atoms with Crippen molar-refractivity contribution in [3.63, 3.8) is 0 Å². The maximum Gasteiger partial charge on any atom is 0.0844 e. The molecular weight excluding hydrogens is 478 g/mol. The highest BCUT2D eigenvalue weighted by Gasteiger charge is 2.26. The Morgan fingerprint density at radius 3 is 2.06 bits per heavy atom. The first-order valence-corrected chi connectivity index (χ1v) is 13.4. The molecule has 1 aromatic heterocycles. The maximum absolute atomic E-state index is 6.61. The predicted molar refractivity (Wildman–Crippen MR) is 157 cm³/mol. The normalized spacial score (nSPS) is 13.4. The molecule has 0 saturated heterocycles. The highest BCUT2D eigenvalue weighted by molar-refractivity contribution is 6.33. The molecule has 0 saturated carbocycles. The number of aliphatic imine (C=N–C) groups is 2.